The first-order chi connectivity index (χ1) is 10.9. The first-order valence-electron chi connectivity index (χ1n) is 7.96. The normalized spacial score (nSPS) is 28.3. The van der Waals surface area contributed by atoms with Gasteiger partial charge in [-0.2, -0.15) is 0 Å². The molecule has 1 amide bonds. The molecule has 0 aromatic heterocycles. The Morgan fingerprint density at radius 1 is 1.30 bits per heavy atom. The van der Waals surface area contributed by atoms with Crippen LogP contribution in [0.25, 0.3) is 0 Å². The van der Waals surface area contributed by atoms with Crippen molar-refractivity contribution in [2.75, 3.05) is 17.7 Å². The number of carbonyl (C=O) groups excluding carboxylic acids is 1. The number of ether oxygens (including phenoxy) is 3. The van der Waals surface area contributed by atoms with Crippen LogP contribution < -0.4 is 15.4 Å². The molecule has 1 aromatic carbocycles. The molecule has 1 saturated heterocycles. The zero-order valence-corrected chi connectivity index (χ0v) is 14.0. The van der Waals surface area contributed by atoms with Crippen molar-refractivity contribution in [2.24, 2.45) is 0 Å². The molecule has 1 heterocycles. The maximum Gasteiger partial charge on any atom is 0.221 e. The largest absolute Gasteiger partial charge is 0.494 e. The lowest BCUT2D eigenvalue weighted by Crippen LogP contribution is -2.34. The Bertz CT molecular complexity index is 602. The van der Waals surface area contributed by atoms with Crippen molar-refractivity contribution < 1.29 is 19.0 Å². The van der Waals surface area contributed by atoms with Gasteiger partial charge in [0.15, 0.2) is 5.79 Å². The van der Waals surface area contributed by atoms with E-state index in [-0.39, 0.29) is 24.2 Å². The Morgan fingerprint density at radius 2 is 2.09 bits per heavy atom. The highest BCUT2D eigenvalue weighted by molar-refractivity contribution is 5.90. The molecule has 1 aliphatic heterocycles. The van der Waals surface area contributed by atoms with Crippen molar-refractivity contribution >= 4 is 17.3 Å². The van der Waals surface area contributed by atoms with E-state index in [0.29, 0.717) is 11.4 Å². The van der Waals surface area contributed by atoms with Gasteiger partial charge in [0.25, 0.3) is 0 Å². The van der Waals surface area contributed by atoms with E-state index in [2.05, 4.69) is 10.6 Å². The van der Waals surface area contributed by atoms with Crippen molar-refractivity contribution in [2.45, 2.75) is 57.6 Å². The van der Waals surface area contributed by atoms with E-state index in [9.17, 15) is 4.79 Å². The van der Waals surface area contributed by atoms with E-state index in [1.54, 1.807) is 7.11 Å². The summed E-state index contributed by atoms with van der Waals surface area (Å²) in [6.07, 6.45) is 2.21. The van der Waals surface area contributed by atoms with Crippen molar-refractivity contribution in [1.29, 1.82) is 0 Å². The fraction of sp³-hybridized carbons (Fsp3) is 0.588. The molecule has 3 atom stereocenters. The third-order valence-corrected chi connectivity index (χ3v) is 4.24. The summed E-state index contributed by atoms with van der Waals surface area (Å²) < 4.78 is 17.3. The summed E-state index contributed by atoms with van der Waals surface area (Å²) >= 11 is 0. The first-order valence-corrected chi connectivity index (χ1v) is 7.96. The average Bonchev–Trinajstić information content (AvgIpc) is 2.96. The Morgan fingerprint density at radius 3 is 2.78 bits per heavy atom. The SMILES string of the molecule is COc1cc(NC2CC[C@H]3OC(C)(C)O[C@@H]23)ccc1NC(C)=O. The minimum absolute atomic E-state index is 0.0611. The Kier molecular flexibility index (Phi) is 4.21. The molecule has 2 N–H and O–H groups in total. The highest BCUT2D eigenvalue weighted by Crippen LogP contribution is 2.39. The first kappa shape index (κ1) is 16.1. The van der Waals surface area contributed by atoms with Crippen LogP contribution in [0.4, 0.5) is 11.4 Å². The second-order valence-electron chi connectivity index (χ2n) is 6.56. The van der Waals surface area contributed by atoms with Crippen LogP contribution in [0.1, 0.15) is 33.6 Å². The van der Waals surface area contributed by atoms with Gasteiger partial charge in [-0.15, -0.1) is 0 Å². The van der Waals surface area contributed by atoms with Gasteiger partial charge in [-0.25, -0.2) is 0 Å². The molecule has 126 valence electrons. The van der Waals surface area contributed by atoms with Crippen molar-refractivity contribution in [3.63, 3.8) is 0 Å². The second kappa shape index (κ2) is 6.02. The monoisotopic (exact) mass is 320 g/mol. The number of carbonyl (C=O) groups is 1. The summed E-state index contributed by atoms with van der Waals surface area (Å²) in [7, 11) is 1.59. The Labute approximate surface area is 136 Å². The van der Waals surface area contributed by atoms with Gasteiger partial charge in [-0.3, -0.25) is 4.79 Å². The lowest BCUT2D eigenvalue weighted by Gasteiger charge is -2.23. The number of rotatable bonds is 4. The lowest BCUT2D eigenvalue weighted by molar-refractivity contribution is -0.152. The fourth-order valence-corrected chi connectivity index (χ4v) is 3.38. The van der Waals surface area contributed by atoms with E-state index in [1.165, 1.54) is 6.92 Å². The lowest BCUT2D eigenvalue weighted by atomic mass is 10.1. The molecule has 6 nitrogen and oxygen atoms in total. The maximum atomic E-state index is 11.2. The molecule has 0 radical (unpaired) electrons. The van der Waals surface area contributed by atoms with Crippen molar-refractivity contribution in [3.8, 4) is 5.75 Å². The molecule has 0 spiro atoms. The van der Waals surface area contributed by atoms with Crippen LogP contribution in [0.3, 0.4) is 0 Å². The maximum absolute atomic E-state index is 11.2. The second-order valence-corrected chi connectivity index (χ2v) is 6.56. The Hall–Kier alpha value is -1.79. The van der Waals surface area contributed by atoms with Crippen molar-refractivity contribution in [1.82, 2.24) is 0 Å². The number of nitrogens with one attached hydrogen (secondary N) is 2. The van der Waals surface area contributed by atoms with Crippen LogP contribution >= 0.6 is 0 Å². The summed E-state index contributed by atoms with van der Waals surface area (Å²) in [5, 5.41) is 6.26. The molecule has 1 aromatic rings. The van der Waals surface area contributed by atoms with Gasteiger partial charge in [-0.05, 0) is 38.8 Å². The topological polar surface area (TPSA) is 68.8 Å². The molecule has 2 fully saturated rings. The highest BCUT2D eigenvalue weighted by Gasteiger charge is 2.48. The van der Waals surface area contributed by atoms with Gasteiger partial charge in [0.1, 0.15) is 11.9 Å². The third kappa shape index (κ3) is 3.43. The van der Waals surface area contributed by atoms with Crippen LogP contribution in [-0.2, 0) is 14.3 Å². The quantitative estimate of drug-likeness (QED) is 0.893. The van der Waals surface area contributed by atoms with Crippen LogP contribution in [0.15, 0.2) is 18.2 Å². The third-order valence-electron chi connectivity index (χ3n) is 4.24. The zero-order valence-electron chi connectivity index (χ0n) is 14.0. The highest BCUT2D eigenvalue weighted by atomic mass is 16.8. The summed E-state index contributed by atoms with van der Waals surface area (Å²) in [6, 6.07) is 5.87. The van der Waals surface area contributed by atoms with E-state index in [0.717, 1.165) is 18.5 Å². The van der Waals surface area contributed by atoms with E-state index >= 15 is 0 Å². The zero-order chi connectivity index (χ0) is 16.6. The molecule has 0 bridgehead atoms. The smallest absolute Gasteiger partial charge is 0.221 e. The molecular formula is C17H24N2O4. The summed E-state index contributed by atoms with van der Waals surface area (Å²) in [5.41, 5.74) is 1.60. The minimum atomic E-state index is -0.511. The molecule has 1 unspecified atom stereocenters. The van der Waals surface area contributed by atoms with E-state index in [1.807, 2.05) is 32.0 Å². The number of hydrogen-bond donors (Lipinski definition) is 2. The van der Waals surface area contributed by atoms with Gasteiger partial charge in [0.2, 0.25) is 5.91 Å². The number of amides is 1. The standard InChI is InChI=1S/C17H24N2O4/c1-10(20)18-12-6-5-11(9-15(12)21-4)19-13-7-8-14-16(13)23-17(2,3)22-14/h5-6,9,13-14,16,19H,7-8H2,1-4H3,(H,18,20)/t13?,14-,16+/m1/s1. The van der Waals surface area contributed by atoms with E-state index < -0.39 is 5.79 Å². The minimum Gasteiger partial charge on any atom is -0.494 e. The molecule has 2 aliphatic rings. The number of hydrogen-bond acceptors (Lipinski definition) is 5. The van der Waals surface area contributed by atoms with Crippen LogP contribution in [0, 0.1) is 0 Å². The van der Waals surface area contributed by atoms with Gasteiger partial charge in [-0.1, -0.05) is 0 Å². The van der Waals surface area contributed by atoms with Gasteiger partial charge >= 0.3 is 0 Å². The molecular weight excluding hydrogens is 296 g/mol. The predicted octanol–water partition coefficient (Wildman–Crippen LogP) is 2.75. The van der Waals surface area contributed by atoms with Crippen LogP contribution in [-0.4, -0.2) is 37.1 Å². The van der Waals surface area contributed by atoms with Gasteiger partial charge < -0.3 is 24.8 Å². The number of anilines is 2. The number of benzene rings is 1. The van der Waals surface area contributed by atoms with Gasteiger partial charge in [0.05, 0.1) is 24.9 Å². The summed E-state index contributed by atoms with van der Waals surface area (Å²) in [6.45, 7) is 5.38. The average molecular weight is 320 g/mol. The summed E-state index contributed by atoms with van der Waals surface area (Å²) in [4.78, 5) is 11.2. The predicted molar refractivity (Wildman–Crippen MR) is 87.8 cm³/mol. The van der Waals surface area contributed by atoms with Crippen LogP contribution in [0.5, 0.6) is 5.75 Å². The molecule has 23 heavy (non-hydrogen) atoms. The van der Waals surface area contributed by atoms with Crippen LogP contribution in [0.2, 0.25) is 0 Å². The molecule has 3 rings (SSSR count). The molecule has 1 saturated carbocycles. The van der Waals surface area contributed by atoms with Crippen molar-refractivity contribution in [3.05, 3.63) is 18.2 Å². The number of fused-ring (bicyclic) bond motifs is 1. The summed E-state index contributed by atoms with van der Waals surface area (Å²) in [5.74, 6) is -0.00660. The van der Waals surface area contributed by atoms with E-state index in [4.69, 9.17) is 14.2 Å². The number of methoxy groups -OCH3 is 1. The fourth-order valence-electron chi connectivity index (χ4n) is 3.38. The van der Waals surface area contributed by atoms with Gasteiger partial charge in [0, 0.05) is 18.7 Å². The molecule has 6 heteroatoms. The molecule has 1 aliphatic carbocycles. The Balaban J connectivity index is 1.72.